The molecule has 1 amide bonds. The first kappa shape index (κ1) is 19.8. The fourth-order valence-corrected chi connectivity index (χ4v) is 3.91. The minimum absolute atomic E-state index is 0.266. The Morgan fingerprint density at radius 3 is 2.67 bits per heavy atom. The van der Waals surface area contributed by atoms with E-state index in [4.69, 9.17) is 4.74 Å². The Kier molecular flexibility index (Phi) is 5.63. The molecule has 0 aliphatic carbocycles. The quantitative estimate of drug-likeness (QED) is 0.435. The second-order valence-corrected chi connectivity index (χ2v) is 7.93. The average molecular weight is 419 g/mol. The van der Waals surface area contributed by atoms with Gasteiger partial charge in [0.15, 0.2) is 0 Å². The summed E-state index contributed by atoms with van der Waals surface area (Å²) in [5.41, 5.74) is 4.01. The minimum atomic E-state index is -0.278. The van der Waals surface area contributed by atoms with E-state index < -0.39 is 0 Å². The maximum atomic E-state index is 12.3. The third-order valence-corrected chi connectivity index (χ3v) is 5.55. The number of thiazole rings is 1. The van der Waals surface area contributed by atoms with Gasteiger partial charge < -0.3 is 4.74 Å². The molecule has 2 aromatic heterocycles. The number of fused-ring (bicyclic) bond motifs is 1. The molecule has 0 aliphatic rings. The maximum absolute atomic E-state index is 12.3. The number of hydrogen-bond donors (Lipinski definition) is 1. The lowest BCUT2D eigenvalue weighted by atomic mass is 10.0. The Morgan fingerprint density at radius 1 is 1.17 bits per heavy atom. The minimum Gasteiger partial charge on any atom is -0.496 e. The number of carbonyl (C=O) groups is 1. The van der Waals surface area contributed by atoms with Gasteiger partial charge in [0.05, 0.1) is 12.8 Å². The van der Waals surface area contributed by atoms with E-state index >= 15 is 0 Å². The third-order valence-electron chi connectivity index (χ3n) is 4.73. The highest BCUT2D eigenvalue weighted by Crippen LogP contribution is 2.32. The van der Waals surface area contributed by atoms with Gasteiger partial charge in [-0.3, -0.25) is 10.1 Å². The first-order chi connectivity index (χ1) is 14.5. The van der Waals surface area contributed by atoms with Crippen LogP contribution in [-0.4, -0.2) is 27.6 Å². The van der Waals surface area contributed by atoms with E-state index in [9.17, 15) is 4.79 Å². The van der Waals surface area contributed by atoms with E-state index in [1.165, 1.54) is 23.0 Å². The molecule has 6 nitrogen and oxygen atoms in total. The number of ether oxygens (including phenoxy) is 1. The smallest absolute Gasteiger partial charge is 0.250 e. The van der Waals surface area contributed by atoms with Gasteiger partial charge in [-0.15, -0.1) is 16.4 Å². The summed E-state index contributed by atoms with van der Waals surface area (Å²) < 4.78 is 7.16. The van der Waals surface area contributed by atoms with Crippen molar-refractivity contribution in [3.05, 3.63) is 71.1 Å². The summed E-state index contributed by atoms with van der Waals surface area (Å²) in [6.45, 7) is 4.31. The number of aromatic nitrogens is 3. The number of nitrogens with one attached hydrogen (secondary N) is 1. The number of nitrogens with zero attached hydrogens (tertiary/aromatic N) is 3. The Hall–Kier alpha value is -3.45. The first-order valence-electron chi connectivity index (χ1n) is 9.62. The molecule has 4 aromatic rings. The molecule has 0 bridgehead atoms. The molecular formula is C23H22N4O2S. The van der Waals surface area contributed by atoms with Gasteiger partial charge in [0.2, 0.25) is 4.96 Å². The Morgan fingerprint density at radius 2 is 1.93 bits per heavy atom. The summed E-state index contributed by atoms with van der Waals surface area (Å²) in [5.74, 6) is 1.22. The molecule has 0 saturated carbocycles. The van der Waals surface area contributed by atoms with Crippen molar-refractivity contribution in [3.63, 3.8) is 0 Å². The zero-order valence-electron chi connectivity index (χ0n) is 17.0. The van der Waals surface area contributed by atoms with Gasteiger partial charge in [-0.05, 0) is 35.3 Å². The summed E-state index contributed by atoms with van der Waals surface area (Å²) in [6, 6.07) is 15.9. The van der Waals surface area contributed by atoms with E-state index in [1.807, 2.05) is 41.8 Å². The van der Waals surface area contributed by atoms with Crippen molar-refractivity contribution in [2.45, 2.75) is 19.8 Å². The molecule has 0 aliphatic heterocycles. The fourth-order valence-electron chi connectivity index (χ4n) is 3.09. The molecule has 0 saturated heterocycles. The van der Waals surface area contributed by atoms with Crippen molar-refractivity contribution in [3.8, 4) is 17.0 Å². The molecule has 2 heterocycles. The fraction of sp³-hybridized carbons (Fsp3) is 0.174. The van der Waals surface area contributed by atoms with Gasteiger partial charge in [-0.25, -0.2) is 4.52 Å². The van der Waals surface area contributed by atoms with Gasteiger partial charge in [0.25, 0.3) is 11.9 Å². The zero-order chi connectivity index (χ0) is 21.1. The molecule has 0 atom stereocenters. The van der Waals surface area contributed by atoms with Crippen LogP contribution in [0.2, 0.25) is 0 Å². The van der Waals surface area contributed by atoms with Crippen LogP contribution in [0.3, 0.4) is 0 Å². The monoisotopic (exact) mass is 418 g/mol. The lowest BCUT2D eigenvalue weighted by Gasteiger charge is -2.06. The summed E-state index contributed by atoms with van der Waals surface area (Å²) in [7, 11) is 1.64. The number of carbonyl (C=O) groups excluding carboxylic acids is 1. The van der Waals surface area contributed by atoms with Crippen LogP contribution >= 0.6 is 11.3 Å². The molecule has 30 heavy (non-hydrogen) atoms. The van der Waals surface area contributed by atoms with Crippen LogP contribution in [0.1, 0.15) is 30.9 Å². The highest BCUT2D eigenvalue weighted by Gasteiger charge is 2.15. The molecule has 0 radical (unpaired) electrons. The van der Waals surface area contributed by atoms with E-state index in [0.717, 1.165) is 22.6 Å². The molecule has 0 fully saturated rings. The second-order valence-electron chi connectivity index (χ2n) is 7.09. The first-order valence-corrected chi connectivity index (χ1v) is 10.5. The van der Waals surface area contributed by atoms with Gasteiger partial charge in [0.1, 0.15) is 5.75 Å². The third kappa shape index (κ3) is 4.11. The average Bonchev–Trinajstić information content (AvgIpc) is 3.32. The molecule has 1 N–H and O–H groups in total. The summed E-state index contributed by atoms with van der Waals surface area (Å²) in [6.07, 6.45) is 3.26. The van der Waals surface area contributed by atoms with Crippen molar-refractivity contribution in [2.75, 3.05) is 12.4 Å². The van der Waals surface area contributed by atoms with E-state index in [1.54, 1.807) is 17.7 Å². The number of rotatable bonds is 6. The van der Waals surface area contributed by atoms with Gasteiger partial charge in [0, 0.05) is 17.0 Å². The number of hydrogen-bond acceptors (Lipinski definition) is 5. The normalized spacial score (nSPS) is 11.5. The number of anilines is 1. The maximum Gasteiger partial charge on any atom is 0.250 e. The standard InChI is InChI=1S/C23H22N4O2S/c1-15(2)17-11-8-16(9-12-17)10-13-21(28)24-22-25-23-27(26-22)19(14-30-23)18-6-4-5-7-20(18)29-3/h4-15H,1-3H3,(H,24,26,28)/b13-10+. The largest absolute Gasteiger partial charge is 0.496 e. The van der Waals surface area contributed by atoms with Crippen molar-refractivity contribution in [1.82, 2.24) is 14.6 Å². The molecule has 4 rings (SSSR count). The zero-order valence-corrected chi connectivity index (χ0v) is 17.8. The Labute approximate surface area is 178 Å². The second kappa shape index (κ2) is 8.51. The number of para-hydroxylation sites is 1. The molecule has 7 heteroatoms. The highest BCUT2D eigenvalue weighted by molar-refractivity contribution is 7.15. The van der Waals surface area contributed by atoms with Gasteiger partial charge in [-0.1, -0.05) is 50.2 Å². The van der Waals surface area contributed by atoms with Crippen LogP contribution in [0.25, 0.3) is 22.3 Å². The van der Waals surface area contributed by atoms with Crippen molar-refractivity contribution >= 4 is 34.2 Å². The van der Waals surface area contributed by atoms with Crippen LogP contribution < -0.4 is 10.1 Å². The molecule has 2 aromatic carbocycles. The predicted octanol–water partition coefficient (Wildman–Crippen LogP) is 5.24. The Balaban J connectivity index is 1.50. The van der Waals surface area contributed by atoms with Crippen LogP contribution in [0, 0.1) is 0 Å². The van der Waals surface area contributed by atoms with Crippen molar-refractivity contribution < 1.29 is 9.53 Å². The topological polar surface area (TPSA) is 68.5 Å². The predicted molar refractivity (Wildman–Crippen MR) is 121 cm³/mol. The van der Waals surface area contributed by atoms with Crippen LogP contribution in [0.15, 0.2) is 60.0 Å². The SMILES string of the molecule is COc1ccccc1-c1csc2nc(NC(=O)/C=C/c3ccc(C(C)C)cc3)nn12. The summed E-state index contributed by atoms with van der Waals surface area (Å²) >= 11 is 1.45. The van der Waals surface area contributed by atoms with Crippen LogP contribution in [-0.2, 0) is 4.79 Å². The molecule has 152 valence electrons. The highest BCUT2D eigenvalue weighted by atomic mass is 32.1. The van der Waals surface area contributed by atoms with Crippen molar-refractivity contribution in [1.29, 1.82) is 0 Å². The molecular weight excluding hydrogens is 396 g/mol. The van der Waals surface area contributed by atoms with Gasteiger partial charge >= 0.3 is 0 Å². The van der Waals surface area contributed by atoms with Crippen molar-refractivity contribution in [2.24, 2.45) is 0 Å². The summed E-state index contributed by atoms with van der Waals surface area (Å²) in [4.78, 5) is 17.4. The van der Waals surface area contributed by atoms with E-state index in [0.29, 0.717) is 10.9 Å². The number of benzene rings is 2. The van der Waals surface area contributed by atoms with Crippen LogP contribution in [0.5, 0.6) is 5.75 Å². The molecule has 0 spiro atoms. The van der Waals surface area contributed by atoms with E-state index in [-0.39, 0.29) is 11.9 Å². The number of methoxy groups -OCH3 is 1. The Bertz CT molecular complexity index is 1210. The lowest BCUT2D eigenvalue weighted by molar-refractivity contribution is -0.111. The van der Waals surface area contributed by atoms with Crippen LogP contribution in [0.4, 0.5) is 5.95 Å². The summed E-state index contributed by atoms with van der Waals surface area (Å²) in [5, 5.41) is 9.15. The lowest BCUT2D eigenvalue weighted by Crippen LogP contribution is -2.09. The number of amides is 1. The molecule has 0 unspecified atom stereocenters. The van der Waals surface area contributed by atoms with E-state index in [2.05, 4.69) is 41.4 Å². The van der Waals surface area contributed by atoms with Gasteiger partial charge in [-0.2, -0.15) is 4.98 Å².